The molecule has 4 aromatic rings. The Hall–Kier alpha value is -3.10. The zero-order chi connectivity index (χ0) is 28.4. The lowest BCUT2D eigenvalue weighted by atomic mass is 9.75. The quantitative estimate of drug-likeness (QED) is 0.298. The first kappa shape index (κ1) is 25.4. The maximum Gasteiger partial charge on any atom is 0.298 e. The van der Waals surface area contributed by atoms with E-state index in [1.165, 1.54) is 85.1 Å². The van der Waals surface area contributed by atoms with E-state index in [9.17, 15) is 0 Å². The largest absolute Gasteiger partial charge is 0.454 e. The van der Waals surface area contributed by atoms with Crippen molar-refractivity contribution in [2.45, 2.75) is 77.7 Å². The van der Waals surface area contributed by atoms with Crippen molar-refractivity contribution in [2.75, 3.05) is 39.3 Å². The number of nitrogens with zero attached hydrogens (tertiary/aromatic N) is 6. The maximum absolute atomic E-state index is 6.44. The number of piperidine rings is 6. The van der Waals surface area contributed by atoms with Crippen LogP contribution in [0.25, 0.3) is 22.1 Å². The molecule has 0 radical (unpaired) electrons. The molecule has 0 aliphatic carbocycles. The molecule has 8 heteroatoms. The van der Waals surface area contributed by atoms with Crippen LogP contribution >= 0.6 is 0 Å². The molecule has 2 atom stereocenters. The van der Waals surface area contributed by atoms with Gasteiger partial charge in [-0.3, -0.25) is 18.9 Å². The Morgan fingerprint density at radius 1 is 0.571 bits per heavy atom. The molecule has 0 unspecified atom stereocenters. The Morgan fingerprint density at radius 2 is 0.952 bits per heavy atom. The van der Waals surface area contributed by atoms with Gasteiger partial charge in [-0.15, -0.1) is 0 Å². The average Bonchev–Trinajstić information content (AvgIpc) is 3.68. The number of imidazole rings is 2. The monoisotopic (exact) mass is 566 g/mol. The Morgan fingerprint density at radius 3 is 1.31 bits per heavy atom. The van der Waals surface area contributed by atoms with Crippen LogP contribution in [0.5, 0.6) is 12.0 Å². The molecule has 0 N–H and O–H groups in total. The average molecular weight is 567 g/mol. The van der Waals surface area contributed by atoms with Crippen molar-refractivity contribution >= 4 is 22.1 Å². The van der Waals surface area contributed by atoms with Gasteiger partial charge in [0, 0.05) is 24.9 Å². The van der Waals surface area contributed by atoms with Crippen molar-refractivity contribution in [2.24, 2.45) is 11.8 Å². The van der Waals surface area contributed by atoms with Gasteiger partial charge in [0.05, 0.1) is 35.2 Å². The smallest absolute Gasteiger partial charge is 0.298 e. The van der Waals surface area contributed by atoms with E-state index in [1.54, 1.807) is 0 Å². The predicted molar refractivity (Wildman–Crippen MR) is 163 cm³/mol. The molecular weight excluding hydrogens is 524 g/mol. The molecule has 2 aromatic carbocycles. The molecule has 8 nitrogen and oxygen atoms in total. The summed E-state index contributed by atoms with van der Waals surface area (Å²) < 4.78 is 17.5. The minimum absolute atomic E-state index is 0.00812. The number of rotatable bonds is 0. The van der Waals surface area contributed by atoms with Crippen molar-refractivity contribution in [3.8, 4) is 12.0 Å². The molecule has 6 fully saturated rings. The third kappa shape index (κ3) is 3.60. The normalized spacial score (nSPS) is 33.6. The maximum atomic E-state index is 6.44. The minimum Gasteiger partial charge on any atom is -0.454 e. The second-order valence-corrected chi connectivity index (χ2v) is 14.2. The van der Waals surface area contributed by atoms with Crippen molar-refractivity contribution < 1.29 is 9.47 Å². The molecule has 42 heavy (non-hydrogen) atoms. The first-order chi connectivity index (χ1) is 20.3. The molecule has 0 saturated carbocycles. The Labute approximate surface area is 247 Å². The van der Waals surface area contributed by atoms with Crippen LogP contribution in [0.3, 0.4) is 0 Å². The molecule has 6 saturated heterocycles. The molecular formula is C34H42N6O2. The third-order valence-corrected chi connectivity index (χ3v) is 11.7. The second kappa shape index (κ2) is 8.73. The fraction of sp³-hybridized carbons (Fsp3) is 0.588. The van der Waals surface area contributed by atoms with Gasteiger partial charge in [-0.25, -0.2) is 0 Å². The van der Waals surface area contributed by atoms with Crippen molar-refractivity contribution in [3.63, 3.8) is 0 Å². The van der Waals surface area contributed by atoms with Crippen molar-refractivity contribution in [3.05, 3.63) is 46.5 Å². The summed E-state index contributed by atoms with van der Waals surface area (Å²) in [6.07, 6.45) is 5.11. The predicted octanol–water partition coefficient (Wildman–Crippen LogP) is 5.02. The molecule has 8 aliphatic heterocycles. The number of aromatic nitrogens is 4. The van der Waals surface area contributed by atoms with Gasteiger partial charge in [0.2, 0.25) is 0 Å². The zero-order valence-corrected chi connectivity index (χ0v) is 25.4. The molecule has 0 amide bonds. The van der Waals surface area contributed by atoms with Gasteiger partial charge >= 0.3 is 0 Å². The SMILES string of the molecule is Cc1cc2nc3n(c2cc1C)C[C@@]1(CN2CCC1CC2)O3.Cc1cc2nc3n(c2cc1C)C[C@]1(CN2CCC1CC2)O3. The Balaban J connectivity index is 0.000000119. The van der Waals surface area contributed by atoms with Gasteiger partial charge in [-0.1, -0.05) is 0 Å². The van der Waals surface area contributed by atoms with Crippen LogP contribution in [0.4, 0.5) is 0 Å². The summed E-state index contributed by atoms with van der Waals surface area (Å²) in [6, 6.07) is 10.6. The summed E-state index contributed by atoms with van der Waals surface area (Å²) in [5, 5.41) is 0. The fourth-order valence-corrected chi connectivity index (χ4v) is 8.98. The number of ether oxygens (including phenoxy) is 2. The molecule has 2 spiro atoms. The number of hydrogen-bond donors (Lipinski definition) is 0. The lowest BCUT2D eigenvalue weighted by molar-refractivity contribution is -0.0833. The minimum atomic E-state index is -0.00812. The van der Waals surface area contributed by atoms with Crippen LogP contribution < -0.4 is 9.47 Å². The van der Waals surface area contributed by atoms with Gasteiger partial charge in [-0.05, 0) is 126 Å². The van der Waals surface area contributed by atoms with E-state index in [1.807, 2.05) is 0 Å². The van der Waals surface area contributed by atoms with Gasteiger partial charge in [0.25, 0.3) is 12.0 Å². The van der Waals surface area contributed by atoms with E-state index >= 15 is 0 Å². The van der Waals surface area contributed by atoms with E-state index in [0.717, 1.165) is 49.2 Å². The fourth-order valence-electron chi connectivity index (χ4n) is 8.98. The van der Waals surface area contributed by atoms with Crippen molar-refractivity contribution in [1.29, 1.82) is 0 Å². The van der Waals surface area contributed by atoms with E-state index in [0.29, 0.717) is 11.8 Å². The second-order valence-electron chi connectivity index (χ2n) is 14.2. The van der Waals surface area contributed by atoms with Crippen molar-refractivity contribution in [1.82, 2.24) is 28.9 Å². The Bertz CT molecular complexity index is 1610. The summed E-state index contributed by atoms with van der Waals surface area (Å²) in [4.78, 5) is 14.6. The Kier molecular flexibility index (Phi) is 5.28. The van der Waals surface area contributed by atoms with Crippen LogP contribution in [-0.2, 0) is 13.1 Å². The first-order valence-electron chi connectivity index (χ1n) is 16.1. The van der Waals surface area contributed by atoms with Gasteiger partial charge in [0.1, 0.15) is 11.2 Å². The highest BCUT2D eigenvalue weighted by Crippen LogP contribution is 2.46. The van der Waals surface area contributed by atoms with Crippen LogP contribution in [0, 0.1) is 39.5 Å². The lowest BCUT2D eigenvalue weighted by Gasteiger charge is -2.50. The van der Waals surface area contributed by atoms with Gasteiger partial charge in [-0.2, -0.15) is 9.97 Å². The van der Waals surface area contributed by atoms with Crippen LogP contribution in [0.2, 0.25) is 0 Å². The summed E-state index contributed by atoms with van der Waals surface area (Å²) in [5.41, 5.74) is 9.88. The van der Waals surface area contributed by atoms with Crippen LogP contribution in [-0.4, -0.2) is 79.4 Å². The number of hydrogen-bond acceptors (Lipinski definition) is 6. The van der Waals surface area contributed by atoms with E-state index < -0.39 is 0 Å². The molecule has 2 aromatic heterocycles. The molecule has 12 rings (SSSR count). The summed E-state index contributed by atoms with van der Waals surface area (Å²) in [7, 11) is 0. The number of benzene rings is 2. The molecule has 8 aliphatic rings. The highest BCUT2D eigenvalue weighted by molar-refractivity contribution is 5.80. The molecule has 220 valence electrons. The summed E-state index contributed by atoms with van der Waals surface area (Å²) >= 11 is 0. The van der Waals surface area contributed by atoms with Gasteiger partial charge < -0.3 is 9.47 Å². The number of aryl methyl sites for hydroxylation is 4. The van der Waals surface area contributed by atoms with E-state index in [2.05, 4.69) is 70.9 Å². The standard InChI is InChI=1S/2C17H21N3O/c2*1-11-7-14-15(8-12(11)2)20-10-17(21-16(20)18-14)9-19-5-3-13(17)4-6-19/h2*7-8,13H,3-6,9-10H2,1-2H3/t2*17-/m10/s1. The number of fused-ring (bicyclic) bond motifs is 10. The summed E-state index contributed by atoms with van der Waals surface area (Å²) in [5.74, 6) is 1.40. The zero-order valence-electron chi connectivity index (χ0n) is 25.4. The van der Waals surface area contributed by atoms with Crippen LogP contribution in [0.1, 0.15) is 47.9 Å². The summed E-state index contributed by atoms with van der Waals surface area (Å²) in [6.45, 7) is 17.7. The topological polar surface area (TPSA) is 60.6 Å². The van der Waals surface area contributed by atoms with Gasteiger partial charge in [0.15, 0.2) is 0 Å². The highest BCUT2D eigenvalue weighted by atomic mass is 16.5. The molecule has 4 bridgehead atoms. The van der Waals surface area contributed by atoms with Crippen LogP contribution in [0.15, 0.2) is 24.3 Å². The highest BCUT2D eigenvalue weighted by Gasteiger charge is 2.54. The molecule has 10 heterocycles. The first-order valence-corrected chi connectivity index (χ1v) is 16.1. The van der Waals surface area contributed by atoms with E-state index in [-0.39, 0.29) is 11.2 Å². The third-order valence-electron chi connectivity index (χ3n) is 11.7. The van der Waals surface area contributed by atoms with E-state index in [4.69, 9.17) is 19.4 Å². The lowest BCUT2D eigenvalue weighted by Crippen LogP contribution is -2.61.